The first-order valence-electron chi connectivity index (χ1n) is 30.4. The molecule has 0 aromatic heterocycles. The molecule has 13 nitrogen and oxygen atoms in total. The molecule has 3 amide bonds. The topological polar surface area (TPSA) is 135 Å². The summed E-state index contributed by atoms with van der Waals surface area (Å²) in [5, 5.41) is 12.1. The lowest BCUT2D eigenvalue weighted by atomic mass is 10.0. The van der Waals surface area contributed by atoms with Crippen LogP contribution in [0.2, 0.25) is 0 Å². The Morgan fingerprint density at radius 1 is 0.388 bits per heavy atom. The summed E-state index contributed by atoms with van der Waals surface area (Å²) in [5.41, 5.74) is 6.21. The number of rotatable bonds is 12. The molecule has 6 aromatic carbocycles. The number of ether oxygens (including phenoxy) is 2. The van der Waals surface area contributed by atoms with E-state index in [1.54, 1.807) is 46.2 Å². The summed E-state index contributed by atoms with van der Waals surface area (Å²) in [7, 11) is 0. The molecule has 2 N–H and O–H groups in total. The summed E-state index contributed by atoms with van der Waals surface area (Å²) in [6, 6.07) is 32.3. The third-order valence-electron chi connectivity index (χ3n) is 16.9. The number of anilines is 2. The molecular formula is C68H76F4N6O7. The molecule has 6 aromatic rings. The molecule has 0 unspecified atom stereocenters. The van der Waals surface area contributed by atoms with Gasteiger partial charge in [0.2, 0.25) is 0 Å². The largest absolute Gasteiger partial charge is 0.490 e. The van der Waals surface area contributed by atoms with Gasteiger partial charge in [-0.3, -0.25) is 14.4 Å². The molecule has 0 bridgehead atoms. The number of piperazine rings is 2. The minimum Gasteiger partial charge on any atom is -0.490 e. The Bertz CT molecular complexity index is 3250. The third-order valence-corrected chi connectivity index (χ3v) is 16.9. The second-order valence-corrected chi connectivity index (χ2v) is 22.9. The van der Waals surface area contributed by atoms with Gasteiger partial charge in [-0.2, -0.15) is 0 Å². The smallest absolute Gasteiger partial charge is 0.335 e. The number of nitrogens with one attached hydrogen (secondary N) is 1. The maximum atomic E-state index is 14.5. The van der Waals surface area contributed by atoms with Crippen molar-refractivity contribution in [3.63, 3.8) is 0 Å². The Morgan fingerprint density at radius 3 is 1.18 bits per heavy atom. The first-order chi connectivity index (χ1) is 41.3. The van der Waals surface area contributed by atoms with Crippen molar-refractivity contribution in [3.05, 3.63) is 167 Å². The van der Waals surface area contributed by atoms with Gasteiger partial charge < -0.3 is 44.4 Å². The van der Waals surface area contributed by atoms with E-state index in [0.717, 1.165) is 143 Å². The summed E-state index contributed by atoms with van der Waals surface area (Å²) in [5.74, 6) is -1.42. The van der Waals surface area contributed by atoms with Gasteiger partial charge in [0.25, 0.3) is 17.7 Å². The van der Waals surface area contributed by atoms with Gasteiger partial charge in [-0.25, -0.2) is 22.4 Å². The number of benzene rings is 6. The normalized spacial score (nSPS) is 17.6. The number of carbonyl (C=O) groups excluding carboxylic acids is 3. The summed E-state index contributed by atoms with van der Waals surface area (Å²) in [4.78, 5) is 60.1. The van der Waals surface area contributed by atoms with E-state index in [-0.39, 0.29) is 47.1 Å². The van der Waals surface area contributed by atoms with Crippen molar-refractivity contribution < 1.29 is 51.3 Å². The molecular weight excluding hydrogens is 1090 g/mol. The summed E-state index contributed by atoms with van der Waals surface area (Å²) >= 11 is 0. The quantitative estimate of drug-likeness (QED) is 0.114. The lowest BCUT2D eigenvalue weighted by Crippen LogP contribution is -2.50. The van der Waals surface area contributed by atoms with Gasteiger partial charge in [-0.15, -0.1) is 0 Å². The van der Waals surface area contributed by atoms with E-state index in [1.807, 2.05) is 40.1 Å². The van der Waals surface area contributed by atoms with Gasteiger partial charge in [0, 0.05) is 118 Å². The van der Waals surface area contributed by atoms with E-state index in [9.17, 15) is 36.7 Å². The fraction of sp³-hybridized carbons (Fsp3) is 0.412. The number of carbonyl (C=O) groups is 4. The number of amides is 3. The Morgan fingerprint density at radius 2 is 0.765 bits per heavy atom. The second-order valence-electron chi connectivity index (χ2n) is 22.9. The molecule has 0 spiro atoms. The molecule has 6 aliphatic rings. The van der Waals surface area contributed by atoms with Gasteiger partial charge in [0.15, 0.2) is 0 Å². The summed E-state index contributed by atoms with van der Waals surface area (Å²) < 4.78 is 67.4. The minimum atomic E-state index is -1.09. The highest BCUT2D eigenvalue weighted by Crippen LogP contribution is 2.37. The zero-order chi connectivity index (χ0) is 59.2. The van der Waals surface area contributed by atoms with Crippen molar-refractivity contribution >= 4 is 35.1 Å². The van der Waals surface area contributed by atoms with Crippen molar-refractivity contribution in [2.75, 3.05) is 88.3 Å². The van der Waals surface area contributed by atoms with Crippen LogP contribution >= 0.6 is 0 Å². The number of aromatic carboxylic acids is 1. The second kappa shape index (κ2) is 28.8. The average Bonchev–Trinajstić information content (AvgIpc) is 4.40. The van der Waals surface area contributed by atoms with Crippen LogP contribution in [0.4, 0.5) is 28.9 Å². The van der Waals surface area contributed by atoms with E-state index in [4.69, 9.17) is 14.6 Å². The number of piperidine rings is 2. The van der Waals surface area contributed by atoms with Gasteiger partial charge in [-0.05, 0) is 198 Å². The van der Waals surface area contributed by atoms with Crippen LogP contribution in [0.1, 0.15) is 131 Å². The summed E-state index contributed by atoms with van der Waals surface area (Å²) in [6.07, 6.45) is 15.8. The Hall–Kier alpha value is -7.92. The predicted molar refractivity (Wildman–Crippen MR) is 322 cm³/mol. The lowest BCUT2D eigenvalue weighted by molar-refractivity contribution is 0.0535. The lowest BCUT2D eigenvalue weighted by Gasteiger charge is -2.35. The maximum absolute atomic E-state index is 14.5. The van der Waals surface area contributed by atoms with E-state index in [1.165, 1.54) is 74.2 Å². The van der Waals surface area contributed by atoms with Gasteiger partial charge in [0.05, 0.1) is 17.8 Å². The highest BCUT2D eigenvalue weighted by molar-refractivity contribution is 5.98. The third kappa shape index (κ3) is 15.9. The molecule has 6 fully saturated rings. The van der Waals surface area contributed by atoms with Crippen LogP contribution in [0, 0.1) is 23.3 Å². The minimum absolute atomic E-state index is 0.0144. The first-order valence-corrected chi connectivity index (χ1v) is 30.4. The first kappa shape index (κ1) is 60.2. The molecule has 0 radical (unpaired) electrons. The number of nitrogens with zero attached hydrogens (tertiary/aromatic N) is 5. The number of hydrogen-bond donors (Lipinski definition) is 2. The van der Waals surface area contributed by atoms with Crippen molar-refractivity contribution in [2.24, 2.45) is 0 Å². The Balaban J connectivity index is 0.000000159. The molecule has 2 aliphatic carbocycles. The summed E-state index contributed by atoms with van der Waals surface area (Å²) in [6.45, 7) is 8.06. The van der Waals surface area contributed by atoms with Crippen molar-refractivity contribution in [3.8, 4) is 33.8 Å². The monoisotopic (exact) mass is 1160 g/mol. The molecule has 12 rings (SSSR count). The van der Waals surface area contributed by atoms with E-state index >= 15 is 0 Å². The fourth-order valence-electron chi connectivity index (χ4n) is 12.2. The molecule has 17 heteroatoms. The van der Waals surface area contributed by atoms with Crippen LogP contribution in [0.25, 0.3) is 22.3 Å². The van der Waals surface area contributed by atoms with Crippen LogP contribution in [-0.2, 0) is 0 Å². The number of carboxylic acids is 1. The fourth-order valence-corrected chi connectivity index (χ4v) is 12.2. The molecule has 4 aliphatic heterocycles. The SMILES string of the molecule is O=C(O)c1cc(F)cc(N2CCCCC2)c1.O=C(c1cc(F)cc(N2CCCCC2)c1)N1CCN(C(=O)c2ccc(OC3CCCC3)c(-c3ccc(F)cc3)c2)CC1.O=C(c1ccc(OC2CCCC2)c(-c2ccc(F)cc2)c1)N1CCNCC1. The zero-order valence-electron chi connectivity index (χ0n) is 48.2. The standard InChI is InChI=1S/C34H37F2N3O3.C22H25FN2O2.C12H14FNO2/c35-27-11-8-24(9-12-27)31-22-25(10-13-32(31)42-30-6-2-3-7-30)33(40)38-16-18-39(19-17-38)34(41)26-20-28(36)23-29(21-26)37-14-4-1-5-15-37;23-18-8-5-16(6-9-18)20-15-17(22(26)25-13-11-24-12-14-25)7-10-21(20)27-19-3-1-2-4-19;13-10-6-9(12(15)16)7-11(8-10)14-4-2-1-3-5-14/h8-13,20-23,30H,1-7,14-19H2;5-10,15,19,24H,1-4,11-14H2;6-8H,1-5H2,(H,15,16). The van der Waals surface area contributed by atoms with Crippen molar-refractivity contribution in [2.45, 2.75) is 102 Å². The molecule has 4 heterocycles. The van der Waals surface area contributed by atoms with E-state index < -0.39 is 17.6 Å². The molecule has 2 saturated carbocycles. The van der Waals surface area contributed by atoms with Crippen molar-refractivity contribution in [1.82, 2.24) is 20.0 Å². The Labute approximate surface area is 495 Å². The zero-order valence-corrected chi connectivity index (χ0v) is 48.2. The van der Waals surface area contributed by atoms with E-state index in [0.29, 0.717) is 67.4 Å². The van der Waals surface area contributed by atoms with Crippen LogP contribution in [0.5, 0.6) is 11.5 Å². The number of hydrogen-bond acceptors (Lipinski definition) is 9. The van der Waals surface area contributed by atoms with Crippen LogP contribution in [0.15, 0.2) is 121 Å². The van der Waals surface area contributed by atoms with Crippen LogP contribution in [-0.4, -0.2) is 134 Å². The van der Waals surface area contributed by atoms with Crippen LogP contribution < -0.4 is 24.6 Å². The molecule has 85 heavy (non-hydrogen) atoms. The Kier molecular flexibility index (Phi) is 20.4. The number of halogens is 4. The predicted octanol–water partition coefficient (Wildman–Crippen LogP) is 12.9. The molecule has 4 saturated heterocycles. The van der Waals surface area contributed by atoms with Crippen LogP contribution in [0.3, 0.4) is 0 Å². The highest BCUT2D eigenvalue weighted by atomic mass is 19.1. The molecule has 448 valence electrons. The highest BCUT2D eigenvalue weighted by Gasteiger charge is 2.29. The maximum Gasteiger partial charge on any atom is 0.335 e. The average molecular weight is 1170 g/mol. The van der Waals surface area contributed by atoms with E-state index in [2.05, 4.69) is 10.2 Å². The van der Waals surface area contributed by atoms with Crippen molar-refractivity contribution in [1.29, 1.82) is 0 Å². The number of carboxylic acid groups (broad SMARTS) is 1. The van der Waals surface area contributed by atoms with Gasteiger partial charge >= 0.3 is 5.97 Å². The molecule has 0 atom stereocenters. The van der Waals surface area contributed by atoms with Gasteiger partial charge in [0.1, 0.15) is 34.8 Å². The van der Waals surface area contributed by atoms with Gasteiger partial charge in [-0.1, -0.05) is 24.3 Å².